The highest BCUT2D eigenvalue weighted by molar-refractivity contribution is 5.93. The number of rotatable bonds is 7. The van der Waals surface area contributed by atoms with Crippen LogP contribution in [0.5, 0.6) is 5.75 Å². The summed E-state index contributed by atoms with van der Waals surface area (Å²) in [5, 5.41) is 3.02. The first-order valence-corrected chi connectivity index (χ1v) is 10.0. The maximum Gasteiger partial charge on any atom is 0.282 e. The van der Waals surface area contributed by atoms with E-state index in [-0.39, 0.29) is 11.9 Å². The Hall–Kier alpha value is -2.63. The number of carbonyl (C=O) groups excluding carboxylic acids is 1. The third-order valence-corrected chi connectivity index (χ3v) is 5.46. The third kappa shape index (κ3) is 5.68. The van der Waals surface area contributed by atoms with E-state index in [4.69, 9.17) is 4.74 Å². The van der Waals surface area contributed by atoms with Crippen molar-refractivity contribution >= 4 is 17.7 Å². The minimum atomic E-state index is -0.0624. The molecule has 0 spiro atoms. The van der Waals surface area contributed by atoms with Gasteiger partial charge < -0.3 is 19.9 Å². The molecule has 0 aromatic heterocycles. The van der Waals surface area contributed by atoms with Crippen molar-refractivity contribution in [1.82, 2.24) is 0 Å². The number of piperazine rings is 1. The molecule has 148 valence electrons. The van der Waals surface area contributed by atoms with E-state index >= 15 is 0 Å². The van der Waals surface area contributed by atoms with Gasteiger partial charge >= 0.3 is 0 Å². The number of anilines is 1. The monoisotopic (exact) mass is 381 g/mol. The van der Waals surface area contributed by atoms with Crippen LogP contribution in [0.4, 0.5) is 5.69 Å². The van der Waals surface area contributed by atoms with Gasteiger partial charge in [-0.2, -0.15) is 0 Å². The summed E-state index contributed by atoms with van der Waals surface area (Å²) in [6.07, 6.45) is 4.45. The van der Waals surface area contributed by atoms with Crippen molar-refractivity contribution in [2.24, 2.45) is 0 Å². The predicted octanol–water partition coefficient (Wildman–Crippen LogP) is 0.519. The molecule has 0 saturated carbocycles. The van der Waals surface area contributed by atoms with Crippen molar-refractivity contribution in [3.63, 3.8) is 0 Å². The fourth-order valence-electron chi connectivity index (χ4n) is 3.62. The van der Waals surface area contributed by atoms with Gasteiger partial charge in [-0.15, -0.1) is 0 Å². The summed E-state index contributed by atoms with van der Waals surface area (Å²) in [5.74, 6) is 0.814. The first kappa shape index (κ1) is 20.1. The molecule has 1 aliphatic rings. The lowest BCUT2D eigenvalue weighted by molar-refractivity contribution is -1.02. The first-order valence-electron chi connectivity index (χ1n) is 10.0. The normalized spacial score (nSPS) is 20.6. The second-order valence-electron chi connectivity index (χ2n) is 7.37. The minimum absolute atomic E-state index is 0.0624. The number of methoxy groups -OCH3 is 1. The van der Waals surface area contributed by atoms with Gasteiger partial charge in [0, 0.05) is 11.8 Å². The van der Waals surface area contributed by atoms with Gasteiger partial charge in [0.2, 0.25) is 0 Å². The quantitative estimate of drug-likeness (QED) is 0.655. The van der Waals surface area contributed by atoms with Crippen molar-refractivity contribution < 1.29 is 19.3 Å². The zero-order valence-corrected chi connectivity index (χ0v) is 16.8. The number of carbonyl (C=O) groups is 1. The molecule has 1 atom stereocenters. The standard InChI is InChI=1S/C23H29N3O2/c1-19(23(27)24-21-11-6-12-22(18-21)28-2)26-16-14-25(15-17-26)13-7-10-20-8-4-3-5-9-20/h3-12,18-19H,13-17H2,1-2H3,(H,24,27)/p+2/b10-7+/t19-/m1/s1. The first-order chi connectivity index (χ1) is 13.7. The third-order valence-electron chi connectivity index (χ3n) is 5.46. The van der Waals surface area contributed by atoms with E-state index in [1.165, 1.54) is 10.5 Å². The molecule has 28 heavy (non-hydrogen) atoms. The van der Waals surface area contributed by atoms with Crippen molar-refractivity contribution in [2.45, 2.75) is 13.0 Å². The Bertz CT molecular complexity index is 783. The number of amides is 1. The average molecular weight is 382 g/mol. The van der Waals surface area contributed by atoms with Crippen LogP contribution in [0.3, 0.4) is 0 Å². The summed E-state index contributed by atoms with van der Waals surface area (Å²) < 4.78 is 5.22. The van der Waals surface area contributed by atoms with Crippen molar-refractivity contribution in [2.75, 3.05) is 45.2 Å². The second kappa shape index (κ2) is 10.1. The van der Waals surface area contributed by atoms with E-state index in [9.17, 15) is 4.79 Å². The predicted molar refractivity (Wildman–Crippen MR) is 113 cm³/mol. The highest BCUT2D eigenvalue weighted by atomic mass is 16.5. The smallest absolute Gasteiger partial charge is 0.282 e. The van der Waals surface area contributed by atoms with Crippen LogP contribution in [0.25, 0.3) is 6.08 Å². The Morgan fingerprint density at radius 2 is 1.86 bits per heavy atom. The van der Waals surface area contributed by atoms with Crippen molar-refractivity contribution in [3.8, 4) is 5.75 Å². The van der Waals surface area contributed by atoms with Crippen LogP contribution < -0.4 is 19.9 Å². The lowest BCUT2D eigenvalue weighted by Gasteiger charge is -2.32. The molecule has 5 heteroatoms. The lowest BCUT2D eigenvalue weighted by Crippen LogP contribution is -3.29. The molecule has 1 amide bonds. The van der Waals surface area contributed by atoms with Crippen LogP contribution >= 0.6 is 0 Å². The topological polar surface area (TPSA) is 47.2 Å². The number of benzene rings is 2. The van der Waals surface area contributed by atoms with E-state index < -0.39 is 0 Å². The Balaban J connectivity index is 1.44. The molecule has 1 aliphatic heterocycles. The number of quaternary nitrogens is 2. The molecule has 1 heterocycles. The maximum atomic E-state index is 12.6. The van der Waals surface area contributed by atoms with Crippen LogP contribution in [0.15, 0.2) is 60.7 Å². The molecule has 5 nitrogen and oxygen atoms in total. The molecule has 0 aliphatic carbocycles. The molecule has 3 N–H and O–H groups in total. The van der Waals surface area contributed by atoms with E-state index in [1.54, 1.807) is 12.0 Å². The van der Waals surface area contributed by atoms with Gasteiger partial charge in [-0.25, -0.2) is 0 Å². The average Bonchev–Trinajstić information content (AvgIpc) is 2.74. The Labute approximate surface area is 167 Å². The molecular weight excluding hydrogens is 350 g/mol. The van der Waals surface area contributed by atoms with Gasteiger partial charge in [0.15, 0.2) is 6.04 Å². The van der Waals surface area contributed by atoms with Crippen molar-refractivity contribution in [1.29, 1.82) is 0 Å². The van der Waals surface area contributed by atoms with Gasteiger partial charge in [0.25, 0.3) is 5.91 Å². The SMILES string of the molecule is COc1cccc(NC(=O)[C@@H](C)[NH+]2CC[NH+](C/C=C/c3ccccc3)CC2)c1. The summed E-state index contributed by atoms with van der Waals surface area (Å²) in [4.78, 5) is 15.6. The number of hydrogen-bond acceptors (Lipinski definition) is 2. The molecule has 2 aromatic carbocycles. The Morgan fingerprint density at radius 1 is 1.11 bits per heavy atom. The molecule has 3 rings (SSSR count). The fourth-order valence-corrected chi connectivity index (χ4v) is 3.62. The molecule has 1 saturated heterocycles. The second-order valence-corrected chi connectivity index (χ2v) is 7.37. The van der Waals surface area contributed by atoms with Crippen molar-refractivity contribution in [3.05, 3.63) is 66.2 Å². The molecule has 2 aromatic rings. The van der Waals surface area contributed by atoms with Crippen LogP contribution in [0.2, 0.25) is 0 Å². The van der Waals surface area contributed by atoms with E-state index in [1.807, 2.05) is 37.3 Å². The van der Waals surface area contributed by atoms with Gasteiger partial charge in [0.1, 0.15) is 31.9 Å². The lowest BCUT2D eigenvalue weighted by atomic mass is 10.2. The van der Waals surface area contributed by atoms with Gasteiger partial charge in [-0.1, -0.05) is 42.5 Å². The Kier molecular flexibility index (Phi) is 7.23. The molecule has 0 radical (unpaired) electrons. The summed E-state index contributed by atoms with van der Waals surface area (Å²) >= 11 is 0. The highest BCUT2D eigenvalue weighted by Crippen LogP contribution is 2.16. The summed E-state index contributed by atoms with van der Waals surface area (Å²) in [7, 11) is 1.63. The minimum Gasteiger partial charge on any atom is -0.497 e. The zero-order valence-electron chi connectivity index (χ0n) is 16.8. The molecule has 0 bridgehead atoms. The summed E-state index contributed by atoms with van der Waals surface area (Å²) in [6, 6.07) is 17.8. The highest BCUT2D eigenvalue weighted by Gasteiger charge is 2.30. The van der Waals surface area contributed by atoms with Gasteiger partial charge in [-0.3, -0.25) is 4.79 Å². The summed E-state index contributed by atoms with van der Waals surface area (Å²) in [6.45, 7) is 7.26. The molecular formula is C23H31N3O2+2. The largest absolute Gasteiger partial charge is 0.497 e. The number of ether oxygens (including phenoxy) is 1. The molecule has 0 unspecified atom stereocenters. The molecule has 1 fully saturated rings. The van der Waals surface area contributed by atoms with Crippen LogP contribution in [0, 0.1) is 0 Å². The Morgan fingerprint density at radius 3 is 2.57 bits per heavy atom. The van der Waals surface area contributed by atoms with Crippen LogP contribution in [0.1, 0.15) is 12.5 Å². The van der Waals surface area contributed by atoms with Crippen LogP contribution in [-0.4, -0.2) is 51.8 Å². The maximum absolute atomic E-state index is 12.6. The van der Waals surface area contributed by atoms with Gasteiger partial charge in [-0.05, 0) is 30.7 Å². The van der Waals surface area contributed by atoms with E-state index in [0.717, 1.165) is 44.2 Å². The van der Waals surface area contributed by atoms with Crippen LogP contribution in [-0.2, 0) is 4.79 Å². The summed E-state index contributed by atoms with van der Waals surface area (Å²) in [5.41, 5.74) is 2.03. The fraction of sp³-hybridized carbons (Fsp3) is 0.348. The zero-order chi connectivity index (χ0) is 19.8. The number of nitrogens with one attached hydrogen (secondary N) is 3. The van der Waals surface area contributed by atoms with E-state index in [0.29, 0.717) is 0 Å². The van der Waals surface area contributed by atoms with Gasteiger partial charge in [0.05, 0.1) is 13.7 Å². The van der Waals surface area contributed by atoms with E-state index in [2.05, 4.69) is 41.7 Å². The number of hydrogen-bond donors (Lipinski definition) is 3.